The highest BCUT2D eigenvalue weighted by Crippen LogP contribution is 2.14. The topological polar surface area (TPSA) is 39.7 Å². The van der Waals surface area contributed by atoms with Gasteiger partial charge in [-0.2, -0.15) is 0 Å². The van der Waals surface area contributed by atoms with Gasteiger partial charge in [-0.3, -0.25) is 4.99 Å². The Bertz CT molecular complexity index is 489. The van der Waals surface area contributed by atoms with E-state index in [-0.39, 0.29) is 29.4 Å². The molecular formula is C17H30ClIN4. The molecule has 0 amide bonds. The highest BCUT2D eigenvalue weighted by Gasteiger charge is 2.19. The van der Waals surface area contributed by atoms with Crippen LogP contribution >= 0.6 is 35.6 Å². The fourth-order valence-corrected chi connectivity index (χ4v) is 2.69. The lowest BCUT2D eigenvalue weighted by molar-refractivity contribution is 0.241. The highest BCUT2D eigenvalue weighted by molar-refractivity contribution is 14.0. The number of hydrogen-bond donors (Lipinski definition) is 2. The van der Waals surface area contributed by atoms with Gasteiger partial charge in [-0.15, -0.1) is 24.0 Å². The molecule has 6 heteroatoms. The quantitative estimate of drug-likeness (QED) is 0.379. The number of hydrogen-bond acceptors (Lipinski definition) is 2. The second-order valence-corrected chi connectivity index (χ2v) is 7.07. The average Bonchev–Trinajstić information content (AvgIpc) is 2.41. The lowest BCUT2D eigenvalue weighted by Crippen LogP contribution is -2.45. The number of nitrogens with one attached hydrogen (secondary N) is 2. The second-order valence-electron chi connectivity index (χ2n) is 6.63. The Kier molecular flexibility index (Phi) is 10.8. The van der Waals surface area contributed by atoms with Crippen LogP contribution in [0.5, 0.6) is 0 Å². The molecule has 0 heterocycles. The van der Waals surface area contributed by atoms with E-state index in [9.17, 15) is 0 Å². The van der Waals surface area contributed by atoms with Crippen LogP contribution in [-0.4, -0.2) is 51.6 Å². The maximum atomic E-state index is 5.99. The molecule has 0 aliphatic rings. The predicted octanol–water partition coefficient (Wildman–Crippen LogP) is 3.25. The van der Waals surface area contributed by atoms with Gasteiger partial charge in [0.2, 0.25) is 0 Å². The van der Waals surface area contributed by atoms with Crippen molar-refractivity contribution in [3.05, 3.63) is 34.9 Å². The number of benzene rings is 1. The summed E-state index contributed by atoms with van der Waals surface area (Å²) in [5.41, 5.74) is 1.41. The molecule has 2 N–H and O–H groups in total. The second kappa shape index (κ2) is 11.1. The zero-order valence-electron chi connectivity index (χ0n) is 14.8. The molecule has 0 aliphatic heterocycles. The smallest absolute Gasteiger partial charge is 0.191 e. The Morgan fingerprint density at radius 3 is 2.52 bits per heavy atom. The summed E-state index contributed by atoms with van der Waals surface area (Å²) in [6.45, 7) is 7.23. The van der Waals surface area contributed by atoms with Crippen LogP contribution in [0.1, 0.15) is 19.4 Å². The zero-order chi connectivity index (χ0) is 16.6. The van der Waals surface area contributed by atoms with Crippen LogP contribution in [0, 0.1) is 5.41 Å². The van der Waals surface area contributed by atoms with Crippen LogP contribution < -0.4 is 10.6 Å². The van der Waals surface area contributed by atoms with Crippen LogP contribution in [0.15, 0.2) is 29.3 Å². The van der Waals surface area contributed by atoms with Gasteiger partial charge in [-0.25, -0.2) is 0 Å². The van der Waals surface area contributed by atoms with E-state index in [1.54, 1.807) is 7.05 Å². The molecule has 0 bridgehead atoms. The van der Waals surface area contributed by atoms with E-state index in [0.29, 0.717) is 0 Å². The van der Waals surface area contributed by atoms with E-state index in [4.69, 9.17) is 11.6 Å². The van der Waals surface area contributed by atoms with Crippen molar-refractivity contribution in [1.82, 2.24) is 15.5 Å². The molecule has 1 aromatic carbocycles. The maximum Gasteiger partial charge on any atom is 0.191 e. The van der Waals surface area contributed by atoms with Crippen molar-refractivity contribution in [2.24, 2.45) is 10.4 Å². The molecule has 23 heavy (non-hydrogen) atoms. The summed E-state index contributed by atoms with van der Waals surface area (Å²) in [5.74, 6) is 0.842. The van der Waals surface area contributed by atoms with E-state index >= 15 is 0 Å². The normalized spacial score (nSPS) is 12.0. The van der Waals surface area contributed by atoms with Gasteiger partial charge in [0.05, 0.1) is 0 Å². The van der Waals surface area contributed by atoms with E-state index in [2.05, 4.69) is 54.5 Å². The molecule has 0 atom stereocenters. The fourth-order valence-electron chi connectivity index (χ4n) is 2.47. The van der Waals surface area contributed by atoms with Gasteiger partial charge < -0.3 is 15.5 Å². The Labute approximate surface area is 163 Å². The summed E-state index contributed by atoms with van der Waals surface area (Å²) in [6.07, 6.45) is 0.919. The van der Waals surface area contributed by atoms with Crippen molar-refractivity contribution in [1.29, 1.82) is 0 Å². The number of nitrogens with zero attached hydrogens (tertiary/aromatic N) is 2. The molecule has 1 rings (SSSR count). The molecule has 0 saturated heterocycles. The van der Waals surface area contributed by atoms with Crippen molar-refractivity contribution >= 4 is 41.5 Å². The third-order valence-corrected chi connectivity index (χ3v) is 3.53. The monoisotopic (exact) mass is 452 g/mol. The van der Waals surface area contributed by atoms with Gasteiger partial charge in [0.25, 0.3) is 0 Å². The number of aliphatic imine (C=N–C) groups is 1. The Hall–Kier alpha value is -0.530. The number of rotatable bonds is 7. The minimum absolute atomic E-state index is 0. The first-order chi connectivity index (χ1) is 10.3. The average molecular weight is 453 g/mol. The van der Waals surface area contributed by atoms with E-state index in [0.717, 1.165) is 37.0 Å². The van der Waals surface area contributed by atoms with Crippen LogP contribution in [0.4, 0.5) is 0 Å². The summed E-state index contributed by atoms with van der Waals surface area (Å²) in [6, 6.07) is 7.96. The minimum atomic E-state index is 0. The van der Waals surface area contributed by atoms with Crippen molar-refractivity contribution < 1.29 is 0 Å². The molecule has 0 radical (unpaired) electrons. The van der Waals surface area contributed by atoms with E-state index in [1.165, 1.54) is 5.56 Å². The Morgan fingerprint density at radius 1 is 1.26 bits per heavy atom. The minimum Gasteiger partial charge on any atom is -0.356 e. The standard InChI is InChI=1S/C17H29ClN4.HI/c1-17(2,13-22(4)5)12-21-16(19-3)20-10-9-14-7-6-8-15(18)11-14;/h6-8,11H,9-10,12-13H2,1-5H3,(H2,19,20,21);1H. The zero-order valence-corrected chi connectivity index (χ0v) is 17.9. The fraction of sp³-hybridized carbons (Fsp3) is 0.588. The SMILES string of the molecule is CN=C(NCCc1cccc(Cl)c1)NCC(C)(C)CN(C)C.I. The molecular weight excluding hydrogens is 423 g/mol. The molecule has 0 aliphatic carbocycles. The van der Waals surface area contributed by atoms with E-state index < -0.39 is 0 Å². The van der Waals surface area contributed by atoms with Crippen LogP contribution in [-0.2, 0) is 6.42 Å². The van der Waals surface area contributed by atoms with Crippen molar-refractivity contribution in [2.75, 3.05) is 40.8 Å². The molecule has 0 fully saturated rings. The molecule has 0 unspecified atom stereocenters. The summed E-state index contributed by atoms with van der Waals surface area (Å²) >= 11 is 5.99. The third kappa shape index (κ3) is 10.0. The third-order valence-electron chi connectivity index (χ3n) is 3.30. The van der Waals surface area contributed by atoms with Crippen LogP contribution in [0.3, 0.4) is 0 Å². The van der Waals surface area contributed by atoms with Gasteiger partial charge in [-0.1, -0.05) is 37.6 Å². The largest absolute Gasteiger partial charge is 0.356 e. The van der Waals surface area contributed by atoms with Crippen LogP contribution in [0.25, 0.3) is 0 Å². The predicted molar refractivity (Wildman–Crippen MR) is 112 cm³/mol. The number of guanidine groups is 1. The van der Waals surface area contributed by atoms with Crippen molar-refractivity contribution in [3.8, 4) is 0 Å². The van der Waals surface area contributed by atoms with Crippen molar-refractivity contribution in [2.45, 2.75) is 20.3 Å². The van der Waals surface area contributed by atoms with Crippen molar-refractivity contribution in [3.63, 3.8) is 0 Å². The molecule has 0 spiro atoms. The first-order valence-electron chi connectivity index (χ1n) is 7.66. The van der Waals surface area contributed by atoms with Crippen LogP contribution in [0.2, 0.25) is 5.02 Å². The van der Waals surface area contributed by atoms with E-state index in [1.807, 2.05) is 18.2 Å². The summed E-state index contributed by atoms with van der Waals surface area (Å²) in [7, 11) is 5.99. The molecule has 0 aromatic heterocycles. The number of halogens is 2. The van der Waals surface area contributed by atoms with Gasteiger partial charge >= 0.3 is 0 Å². The molecule has 4 nitrogen and oxygen atoms in total. The summed E-state index contributed by atoms with van der Waals surface area (Å²) in [4.78, 5) is 6.48. The lowest BCUT2D eigenvalue weighted by Gasteiger charge is -2.29. The molecule has 1 aromatic rings. The summed E-state index contributed by atoms with van der Waals surface area (Å²) < 4.78 is 0. The van der Waals surface area contributed by atoms with Gasteiger partial charge in [0.1, 0.15) is 0 Å². The lowest BCUT2D eigenvalue weighted by atomic mass is 9.93. The van der Waals surface area contributed by atoms with Gasteiger partial charge in [0, 0.05) is 31.7 Å². The maximum absolute atomic E-state index is 5.99. The first kappa shape index (κ1) is 22.5. The summed E-state index contributed by atoms with van der Waals surface area (Å²) in [5, 5.41) is 7.53. The Morgan fingerprint density at radius 2 is 1.96 bits per heavy atom. The first-order valence-corrected chi connectivity index (χ1v) is 8.04. The highest BCUT2D eigenvalue weighted by atomic mass is 127. The Balaban J connectivity index is 0.00000484. The van der Waals surface area contributed by atoms with Gasteiger partial charge in [0.15, 0.2) is 5.96 Å². The molecule has 0 saturated carbocycles. The molecule has 132 valence electrons. The van der Waals surface area contributed by atoms with Gasteiger partial charge in [-0.05, 0) is 43.6 Å².